The molecule has 0 bridgehead atoms. The summed E-state index contributed by atoms with van der Waals surface area (Å²) in [6.07, 6.45) is 1.67. The van der Waals surface area contributed by atoms with Gasteiger partial charge >= 0.3 is 0 Å². The molecule has 3 aromatic rings. The standard InChI is InChI=1S/C17H16ClFN4O/c1-9(2)23-16-11(8-20-23)7-12(10(3)21-16)17(24)22-14-6-4-5-13(18)15(14)19/h4-9H,1-3H3,(H,22,24). The molecular weight excluding hydrogens is 331 g/mol. The summed E-state index contributed by atoms with van der Waals surface area (Å²) in [6, 6.07) is 6.32. The summed E-state index contributed by atoms with van der Waals surface area (Å²) in [4.78, 5) is 17.0. The van der Waals surface area contributed by atoms with Crippen LogP contribution in [0.25, 0.3) is 11.0 Å². The van der Waals surface area contributed by atoms with Crippen molar-refractivity contribution >= 4 is 34.2 Å². The molecular formula is C17H16ClFN4O. The highest BCUT2D eigenvalue weighted by molar-refractivity contribution is 6.31. The number of amides is 1. The van der Waals surface area contributed by atoms with Gasteiger partial charge in [0, 0.05) is 11.4 Å². The Labute approximate surface area is 143 Å². The predicted molar refractivity (Wildman–Crippen MR) is 92.0 cm³/mol. The fourth-order valence-corrected chi connectivity index (χ4v) is 2.64. The van der Waals surface area contributed by atoms with Crippen molar-refractivity contribution in [1.29, 1.82) is 0 Å². The molecule has 0 radical (unpaired) electrons. The number of hydrogen-bond acceptors (Lipinski definition) is 3. The zero-order valence-corrected chi connectivity index (χ0v) is 14.2. The molecule has 7 heteroatoms. The van der Waals surface area contributed by atoms with Crippen molar-refractivity contribution in [3.8, 4) is 0 Å². The van der Waals surface area contributed by atoms with E-state index in [1.165, 1.54) is 12.1 Å². The average molecular weight is 347 g/mol. The zero-order chi connectivity index (χ0) is 17.4. The smallest absolute Gasteiger partial charge is 0.257 e. The minimum Gasteiger partial charge on any atom is -0.319 e. The third-order valence-electron chi connectivity index (χ3n) is 3.69. The highest BCUT2D eigenvalue weighted by Gasteiger charge is 2.17. The van der Waals surface area contributed by atoms with Crippen molar-refractivity contribution in [1.82, 2.24) is 14.8 Å². The molecule has 3 rings (SSSR count). The number of nitrogens with one attached hydrogen (secondary N) is 1. The molecule has 0 unspecified atom stereocenters. The number of rotatable bonds is 3. The first kappa shape index (κ1) is 16.4. The van der Waals surface area contributed by atoms with E-state index in [4.69, 9.17) is 11.6 Å². The highest BCUT2D eigenvalue weighted by Crippen LogP contribution is 2.24. The predicted octanol–water partition coefficient (Wildman–Crippen LogP) is 4.37. The second-order valence-corrected chi connectivity index (χ2v) is 6.18. The number of hydrogen-bond donors (Lipinski definition) is 1. The van der Waals surface area contributed by atoms with Gasteiger partial charge in [-0.05, 0) is 39.0 Å². The molecule has 0 saturated carbocycles. The van der Waals surface area contributed by atoms with E-state index in [9.17, 15) is 9.18 Å². The van der Waals surface area contributed by atoms with Crippen LogP contribution in [0, 0.1) is 12.7 Å². The largest absolute Gasteiger partial charge is 0.319 e. The van der Waals surface area contributed by atoms with Crippen LogP contribution in [0.1, 0.15) is 35.9 Å². The van der Waals surface area contributed by atoms with Gasteiger partial charge < -0.3 is 5.32 Å². The molecule has 0 saturated heterocycles. The quantitative estimate of drug-likeness (QED) is 0.766. The first-order chi connectivity index (χ1) is 11.4. The Morgan fingerprint density at radius 3 is 2.83 bits per heavy atom. The SMILES string of the molecule is Cc1nc2c(cnn2C(C)C)cc1C(=O)Nc1cccc(Cl)c1F. The fraction of sp³-hybridized carbons (Fsp3) is 0.235. The molecule has 2 heterocycles. The summed E-state index contributed by atoms with van der Waals surface area (Å²) in [5.41, 5.74) is 1.66. The maximum Gasteiger partial charge on any atom is 0.257 e. The third-order valence-corrected chi connectivity index (χ3v) is 3.99. The van der Waals surface area contributed by atoms with Gasteiger partial charge in [-0.25, -0.2) is 14.1 Å². The second-order valence-electron chi connectivity index (χ2n) is 5.77. The lowest BCUT2D eigenvalue weighted by Gasteiger charge is -2.10. The Balaban J connectivity index is 1.98. The number of pyridine rings is 1. The normalized spacial score (nSPS) is 11.2. The number of benzene rings is 1. The van der Waals surface area contributed by atoms with Crippen LogP contribution in [0.2, 0.25) is 5.02 Å². The van der Waals surface area contributed by atoms with Crippen LogP contribution in [0.15, 0.2) is 30.5 Å². The summed E-state index contributed by atoms with van der Waals surface area (Å²) in [5, 5.41) is 7.54. The van der Waals surface area contributed by atoms with Crippen molar-refractivity contribution in [3.05, 3.63) is 52.6 Å². The molecule has 5 nitrogen and oxygen atoms in total. The van der Waals surface area contributed by atoms with Crippen molar-refractivity contribution in [2.45, 2.75) is 26.8 Å². The van der Waals surface area contributed by atoms with Crippen molar-refractivity contribution in [2.24, 2.45) is 0 Å². The van der Waals surface area contributed by atoms with E-state index in [2.05, 4.69) is 15.4 Å². The number of aryl methyl sites for hydroxylation is 1. The van der Waals surface area contributed by atoms with Gasteiger partial charge in [0.15, 0.2) is 11.5 Å². The second kappa shape index (κ2) is 6.20. The molecule has 0 aliphatic rings. The van der Waals surface area contributed by atoms with Crippen molar-refractivity contribution in [3.63, 3.8) is 0 Å². The van der Waals surface area contributed by atoms with Gasteiger partial charge in [0.25, 0.3) is 5.91 Å². The topological polar surface area (TPSA) is 59.8 Å². The van der Waals surface area contributed by atoms with Gasteiger partial charge in [0.05, 0.1) is 28.2 Å². The Morgan fingerprint density at radius 1 is 1.38 bits per heavy atom. The number of carbonyl (C=O) groups excluding carboxylic acids is 1. The van der Waals surface area contributed by atoms with E-state index in [1.807, 2.05) is 13.8 Å². The maximum absolute atomic E-state index is 13.9. The monoisotopic (exact) mass is 346 g/mol. The fourth-order valence-electron chi connectivity index (χ4n) is 2.46. The highest BCUT2D eigenvalue weighted by atomic mass is 35.5. The van der Waals surface area contributed by atoms with E-state index in [0.29, 0.717) is 16.9 Å². The Bertz CT molecular complexity index is 936. The Morgan fingerprint density at radius 2 is 2.12 bits per heavy atom. The van der Waals surface area contributed by atoms with Crippen LogP contribution in [0.3, 0.4) is 0 Å². The van der Waals surface area contributed by atoms with Crippen LogP contribution in [0.4, 0.5) is 10.1 Å². The molecule has 0 aliphatic carbocycles. The molecule has 0 aliphatic heterocycles. The summed E-state index contributed by atoms with van der Waals surface area (Å²) >= 11 is 5.74. The maximum atomic E-state index is 13.9. The first-order valence-electron chi connectivity index (χ1n) is 7.48. The molecule has 124 valence electrons. The number of carbonyl (C=O) groups is 1. The van der Waals surface area contributed by atoms with E-state index in [0.717, 1.165) is 5.39 Å². The lowest BCUT2D eigenvalue weighted by molar-refractivity contribution is 0.102. The number of fused-ring (bicyclic) bond motifs is 1. The average Bonchev–Trinajstić information content (AvgIpc) is 2.93. The van der Waals surface area contributed by atoms with Gasteiger partial charge in [-0.15, -0.1) is 0 Å². The Hall–Kier alpha value is -2.47. The van der Waals surface area contributed by atoms with Crippen molar-refractivity contribution < 1.29 is 9.18 Å². The van der Waals surface area contributed by atoms with E-state index >= 15 is 0 Å². The summed E-state index contributed by atoms with van der Waals surface area (Å²) in [7, 11) is 0. The number of nitrogens with zero attached hydrogens (tertiary/aromatic N) is 3. The lowest BCUT2D eigenvalue weighted by Crippen LogP contribution is -2.15. The Kier molecular flexibility index (Phi) is 4.24. The van der Waals surface area contributed by atoms with Crippen LogP contribution >= 0.6 is 11.6 Å². The molecule has 1 aromatic carbocycles. The zero-order valence-electron chi connectivity index (χ0n) is 13.5. The van der Waals surface area contributed by atoms with Crippen molar-refractivity contribution in [2.75, 3.05) is 5.32 Å². The van der Waals surface area contributed by atoms with Crippen LogP contribution in [-0.4, -0.2) is 20.7 Å². The van der Waals surface area contributed by atoms with Crippen LogP contribution < -0.4 is 5.32 Å². The molecule has 0 atom stereocenters. The van der Waals surface area contributed by atoms with Gasteiger partial charge in [0.2, 0.25) is 0 Å². The van der Waals surface area contributed by atoms with Gasteiger partial charge in [0.1, 0.15) is 0 Å². The number of aromatic nitrogens is 3. The molecule has 0 fully saturated rings. The van der Waals surface area contributed by atoms with E-state index < -0.39 is 11.7 Å². The number of anilines is 1. The van der Waals surface area contributed by atoms with E-state index in [-0.39, 0.29) is 16.8 Å². The number of halogens is 2. The summed E-state index contributed by atoms with van der Waals surface area (Å²) in [5.74, 6) is -1.10. The minimum atomic E-state index is -0.660. The summed E-state index contributed by atoms with van der Waals surface area (Å²) < 4.78 is 15.7. The van der Waals surface area contributed by atoms with E-state index in [1.54, 1.807) is 29.9 Å². The van der Waals surface area contributed by atoms with Gasteiger partial charge in [-0.2, -0.15) is 5.10 Å². The molecule has 24 heavy (non-hydrogen) atoms. The molecule has 0 spiro atoms. The molecule has 1 amide bonds. The van der Waals surface area contributed by atoms with Crippen LogP contribution in [-0.2, 0) is 0 Å². The molecule has 2 aromatic heterocycles. The third kappa shape index (κ3) is 2.85. The van der Waals surface area contributed by atoms with Gasteiger partial charge in [-0.3, -0.25) is 4.79 Å². The molecule has 1 N–H and O–H groups in total. The van der Waals surface area contributed by atoms with Crippen LogP contribution in [0.5, 0.6) is 0 Å². The lowest BCUT2D eigenvalue weighted by atomic mass is 10.1. The first-order valence-corrected chi connectivity index (χ1v) is 7.86. The minimum absolute atomic E-state index is 0.0323. The summed E-state index contributed by atoms with van der Waals surface area (Å²) in [6.45, 7) is 5.75. The van der Waals surface area contributed by atoms with Gasteiger partial charge in [-0.1, -0.05) is 17.7 Å².